The molecule has 0 saturated heterocycles. The lowest BCUT2D eigenvalue weighted by Gasteiger charge is -2.26. The topological polar surface area (TPSA) is 228 Å². The maximum atomic E-state index is 12.5. The summed E-state index contributed by atoms with van der Waals surface area (Å²) < 4.78 is 0. The summed E-state index contributed by atoms with van der Waals surface area (Å²) in [6, 6.07) is -5.84. The number of nitrogens with one attached hydrogen (secondary N) is 3. The van der Waals surface area contributed by atoms with E-state index in [1.165, 1.54) is 6.92 Å². The van der Waals surface area contributed by atoms with E-state index in [4.69, 9.17) is 15.9 Å². The van der Waals surface area contributed by atoms with Crippen LogP contribution >= 0.6 is 0 Å². The summed E-state index contributed by atoms with van der Waals surface area (Å²) in [6.07, 6.45) is -2.08. The summed E-state index contributed by atoms with van der Waals surface area (Å²) in [7, 11) is 0. The molecule has 0 aromatic heterocycles. The molecule has 0 aliphatic heterocycles. The zero-order valence-electron chi connectivity index (χ0n) is 16.3. The van der Waals surface area contributed by atoms with Crippen LogP contribution in [0.3, 0.4) is 0 Å². The Kier molecular flexibility index (Phi) is 10.8. The number of amides is 3. The Morgan fingerprint density at radius 1 is 0.862 bits per heavy atom. The van der Waals surface area contributed by atoms with Gasteiger partial charge in [0.25, 0.3) is 0 Å². The van der Waals surface area contributed by atoms with Gasteiger partial charge in [-0.1, -0.05) is 13.8 Å². The first-order valence-corrected chi connectivity index (χ1v) is 8.72. The number of aliphatic hydroxyl groups is 2. The lowest BCUT2D eigenvalue weighted by molar-refractivity contribution is -0.147. The number of hydrogen-bond acceptors (Lipinski definition) is 8. The summed E-state index contributed by atoms with van der Waals surface area (Å²) in [6.45, 7) is 3.54. The number of carbonyl (C=O) groups excluding carboxylic acids is 3. The molecular weight excluding hydrogens is 392 g/mol. The van der Waals surface area contributed by atoms with E-state index in [0.29, 0.717) is 0 Å². The first-order chi connectivity index (χ1) is 13.3. The van der Waals surface area contributed by atoms with Gasteiger partial charge in [0, 0.05) is 0 Å². The Hall–Kier alpha value is -2.77. The van der Waals surface area contributed by atoms with Crippen LogP contribution in [0, 0.1) is 5.92 Å². The van der Waals surface area contributed by atoms with E-state index in [-0.39, 0.29) is 0 Å². The van der Waals surface area contributed by atoms with Crippen molar-refractivity contribution in [2.24, 2.45) is 11.7 Å². The van der Waals surface area contributed by atoms with Gasteiger partial charge in [-0.05, 0) is 12.8 Å². The van der Waals surface area contributed by atoms with Crippen LogP contribution in [-0.4, -0.2) is 87.0 Å². The Morgan fingerprint density at radius 2 is 1.38 bits per heavy atom. The smallest absolute Gasteiger partial charge is 0.326 e. The van der Waals surface area contributed by atoms with Crippen molar-refractivity contribution >= 4 is 29.7 Å². The molecule has 29 heavy (non-hydrogen) atoms. The number of nitrogens with two attached hydrogens (primary N) is 1. The van der Waals surface area contributed by atoms with Gasteiger partial charge in [-0.2, -0.15) is 0 Å². The van der Waals surface area contributed by atoms with E-state index >= 15 is 0 Å². The molecule has 5 unspecified atom stereocenters. The van der Waals surface area contributed by atoms with Crippen molar-refractivity contribution in [2.45, 2.75) is 57.5 Å². The van der Waals surface area contributed by atoms with Gasteiger partial charge in [-0.25, -0.2) is 4.79 Å². The predicted molar refractivity (Wildman–Crippen MR) is 97.3 cm³/mol. The average molecular weight is 420 g/mol. The minimum absolute atomic E-state index is 0.471. The van der Waals surface area contributed by atoms with Crippen LogP contribution in [0.1, 0.15) is 27.2 Å². The third kappa shape index (κ3) is 8.85. The normalized spacial score (nSPS) is 16.1. The van der Waals surface area contributed by atoms with E-state index in [1.54, 1.807) is 13.8 Å². The number of rotatable bonds is 12. The molecule has 13 heteroatoms. The van der Waals surface area contributed by atoms with Gasteiger partial charge in [-0.15, -0.1) is 0 Å². The zero-order valence-corrected chi connectivity index (χ0v) is 16.3. The van der Waals surface area contributed by atoms with Gasteiger partial charge in [0.05, 0.1) is 19.1 Å². The van der Waals surface area contributed by atoms with Crippen molar-refractivity contribution in [1.82, 2.24) is 16.0 Å². The van der Waals surface area contributed by atoms with Crippen molar-refractivity contribution in [3.8, 4) is 0 Å². The predicted octanol–water partition coefficient (Wildman–Crippen LogP) is -3.64. The molecule has 0 saturated carbocycles. The standard InChI is InChI=1S/C16H28N4O9/c1-6(2)12(20-14(26)11(17)7(3)22)15(27)19-9(5-21)13(25)18-8(16(28)29)4-10(23)24/h6-9,11-12,21-22H,4-5,17H2,1-3H3,(H,18,25)(H,19,27)(H,20,26)(H,23,24)(H,28,29). The minimum atomic E-state index is -1.77. The molecule has 13 nitrogen and oxygen atoms in total. The minimum Gasteiger partial charge on any atom is -0.481 e. The fourth-order valence-electron chi connectivity index (χ4n) is 2.11. The van der Waals surface area contributed by atoms with Crippen LogP contribution < -0.4 is 21.7 Å². The number of aliphatic hydroxyl groups excluding tert-OH is 2. The molecule has 3 amide bonds. The Bertz CT molecular complexity index is 624. The molecule has 0 radical (unpaired) electrons. The van der Waals surface area contributed by atoms with Crippen LogP contribution in [-0.2, 0) is 24.0 Å². The van der Waals surface area contributed by atoms with Crippen molar-refractivity contribution in [1.29, 1.82) is 0 Å². The average Bonchev–Trinajstić information content (AvgIpc) is 2.61. The van der Waals surface area contributed by atoms with Gasteiger partial charge >= 0.3 is 11.9 Å². The lowest BCUT2D eigenvalue weighted by atomic mass is 10.0. The highest BCUT2D eigenvalue weighted by atomic mass is 16.4. The number of aliphatic carboxylic acids is 2. The van der Waals surface area contributed by atoms with Crippen LogP contribution in [0.25, 0.3) is 0 Å². The second-order valence-corrected chi connectivity index (χ2v) is 6.74. The largest absolute Gasteiger partial charge is 0.481 e. The fraction of sp³-hybridized carbons (Fsp3) is 0.688. The highest BCUT2D eigenvalue weighted by molar-refractivity contribution is 5.94. The number of hydrogen-bond donors (Lipinski definition) is 8. The summed E-state index contributed by atoms with van der Waals surface area (Å²) in [5, 5.41) is 42.8. The van der Waals surface area contributed by atoms with Gasteiger partial charge in [0.2, 0.25) is 17.7 Å². The van der Waals surface area contributed by atoms with Crippen LogP contribution in [0.4, 0.5) is 0 Å². The zero-order chi connectivity index (χ0) is 22.9. The summed E-state index contributed by atoms with van der Waals surface area (Å²) in [5.41, 5.74) is 5.51. The van der Waals surface area contributed by atoms with E-state index < -0.39 is 78.9 Å². The van der Waals surface area contributed by atoms with Gasteiger partial charge in [0.15, 0.2) is 0 Å². The third-order valence-electron chi connectivity index (χ3n) is 3.88. The summed E-state index contributed by atoms with van der Waals surface area (Å²) in [5.74, 6) is -6.36. The highest BCUT2D eigenvalue weighted by Gasteiger charge is 2.32. The van der Waals surface area contributed by atoms with E-state index in [0.717, 1.165) is 0 Å². The molecule has 0 bridgehead atoms. The lowest BCUT2D eigenvalue weighted by Crippen LogP contribution is -2.60. The molecule has 0 aliphatic rings. The maximum Gasteiger partial charge on any atom is 0.326 e. The Morgan fingerprint density at radius 3 is 1.76 bits per heavy atom. The van der Waals surface area contributed by atoms with Crippen LogP contribution in [0.2, 0.25) is 0 Å². The molecule has 0 aliphatic carbocycles. The molecule has 0 aromatic rings. The highest BCUT2D eigenvalue weighted by Crippen LogP contribution is 2.04. The molecule has 0 spiro atoms. The number of carboxylic acids is 2. The molecule has 0 heterocycles. The van der Waals surface area contributed by atoms with Crippen molar-refractivity contribution < 1.29 is 44.4 Å². The second-order valence-electron chi connectivity index (χ2n) is 6.74. The molecular formula is C16H28N4O9. The Labute approximate surface area is 166 Å². The second kappa shape index (κ2) is 11.9. The molecule has 0 aromatic carbocycles. The summed E-state index contributed by atoms with van der Waals surface area (Å²) in [4.78, 5) is 58.3. The monoisotopic (exact) mass is 420 g/mol. The van der Waals surface area contributed by atoms with E-state index in [2.05, 4.69) is 10.6 Å². The quantitative estimate of drug-likeness (QED) is 0.154. The molecule has 0 rings (SSSR count). The van der Waals surface area contributed by atoms with Crippen molar-refractivity contribution in [3.63, 3.8) is 0 Å². The van der Waals surface area contributed by atoms with E-state index in [9.17, 15) is 34.2 Å². The molecule has 9 N–H and O–H groups in total. The number of carboxylic acid groups (broad SMARTS) is 2. The van der Waals surface area contributed by atoms with Gasteiger partial charge < -0.3 is 42.1 Å². The van der Waals surface area contributed by atoms with Crippen molar-refractivity contribution in [2.75, 3.05) is 6.61 Å². The van der Waals surface area contributed by atoms with Gasteiger partial charge in [0.1, 0.15) is 24.2 Å². The first-order valence-electron chi connectivity index (χ1n) is 8.72. The molecule has 166 valence electrons. The first kappa shape index (κ1) is 26.2. The van der Waals surface area contributed by atoms with E-state index in [1.807, 2.05) is 5.32 Å². The van der Waals surface area contributed by atoms with Crippen molar-refractivity contribution in [3.05, 3.63) is 0 Å². The number of carbonyl (C=O) groups is 5. The molecule has 5 atom stereocenters. The third-order valence-corrected chi connectivity index (χ3v) is 3.88. The Balaban J connectivity index is 5.20. The maximum absolute atomic E-state index is 12.5. The SMILES string of the molecule is CC(C)C(NC(=O)C(N)C(C)O)C(=O)NC(CO)C(=O)NC(CC(=O)O)C(=O)O. The van der Waals surface area contributed by atoms with Gasteiger partial charge in [-0.3, -0.25) is 19.2 Å². The van der Waals surface area contributed by atoms with Crippen LogP contribution in [0.15, 0.2) is 0 Å². The molecule has 0 fully saturated rings. The summed E-state index contributed by atoms with van der Waals surface area (Å²) >= 11 is 0. The fourth-order valence-corrected chi connectivity index (χ4v) is 2.11. The van der Waals surface area contributed by atoms with Crippen LogP contribution in [0.5, 0.6) is 0 Å².